The van der Waals surface area contributed by atoms with Gasteiger partial charge in [0.1, 0.15) is 6.61 Å². The number of carbonyl (C=O) groups excluding carboxylic acids is 3. The fourth-order valence-corrected chi connectivity index (χ4v) is 4.78. The molecule has 0 aliphatic carbocycles. The minimum atomic E-state index is -2.51. The van der Waals surface area contributed by atoms with E-state index in [2.05, 4.69) is 5.32 Å². The predicted octanol–water partition coefficient (Wildman–Crippen LogP) is 5.15. The zero-order chi connectivity index (χ0) is 32.7. The number of carbonyl (C=O) groups is 5. The summed E-state index contributed by atoms with van der Waals surface area (Å²) in [6.45, 7) is -0.953. The molecule has 0 saturated heterocycles. The Morgan fingerprint density at radius 3 is 2.04 bits per heavy atom. The Morgan fingerprint density at radius 2 is 1.42 bits per heavy atom. The van der Waals surface area contributed by atoms with Crippen molar-refractivity contribution in [2.24, 2.45) is 0 Å². The van der Waals surface area contributed by atoms with Gasteiger partial charge in [0.05, 0.1) is 17.7 Å². The molecule has 230 valence electrons. The predicted molar refractivity (Wildman–Crippen MR) is 167 cm³/mol. The molecular formula is C34H29ClN2O8. The summed E-state index contributed by atoms with van der Waals surface area (Å²) >= 11 is 6.02. The average molecular weight is 629 g/mol. The maximum Gasteiger partial charge on any atom is 0.329 e. The molecule has 11 heteroatoms. The first-order valence-electron chi connectivity index (χ1n) is 13.6. The highest BCUT2D eigenvalue weighted by Gasteiger charge is 2.50. The number of rotatable bonds is 11. The zero-order valence-corrected chi connectivity index (χ0v) is 25.1. The quantitative estimate of drug-likeness (QED) is 0.152. The van der Waals surface area contributed by atoms with Gasteiger partial charge in [-0.05, 0) is 52.6 Å². The van der Waals surface area contributed by atoms with Crippen LogP contribution in [0.5, 0.6) is 0 Å². The summed E-state index contributed by atoms with van der Waals surface area (Å²) in [5.41, 5.74) is -0.186. The minimum Gasteiger partial charge on any atom is -0.480 e. The molecule has 0 fully saturated rings. The number of amides is 2. The first-order valence-corrected chi connectivity index (χ1v) is 14.0. The van der Waals surface area contributed by atoms with Gasteiger partial charge in [0, 0.05) is 24.7 Å². The zero-order valence-electron chi connectivity index (χ0n) is 24.3. The molecule has 0 aliphatic rings. The number of nitrogens with one attached hydrogen (secondary N) is 1. The van der Waals surface area contributed by atoms with Crippen LogP contribution in [-0.2, 0) is 31.0 Å². The van der Waals surface area contributed by atoms with E-state index in [0.717, 1.165) is 5.56 Å². The van der Waals surface area contributed by atoms with E-state index >= 15 is 0 Å². The second-order valence-electron chi connectivity index (χ2n) is 10.3. The average Bonchev–Trinajstić information content (AvgIpc) is 3.02. The van der Waals surface area contributed by atoms with E-state index in [9.17, 15) is 34.2 Å². The molecule has 0 atom stereocenters. The summed E-state index contributed by atoms with van der Waals surface area (Å²) in [5, 5.41) is 23.0. The van der Waals surface area contributed by atoms with E-state index in [-0.39, 0.29) is 16.8 Å². The van der Waals surface area contributed by atoms with Gasteiger partial charge in [-0.25, -0.2) is 0 Å². The molecule has 0 bridgehead atoms. The lowest BCUT2D eigenvalue weighted by atomic mass is 9.81. The highest BCUT2D eigenvalue weighted by molar-refractivity contribution is 6.30. The van der Waals surface area contributed by atoms with Gasteiger partial charge >= 0.3 is 17.9 Å². The molecule has 45 heavy (non-hydrogen) atoms. The number of nitrogens with zero attached hydrogens (tertiary/aromatic N) is 1. The molecule has 4 aromatic carbocycles. The highest BCUT2D eigenvalue weighted by Crippen LogP contribution is 2.29. The third kappa shape index (κ3) is 7.19. The van der Waals surface area contributed by atoms with E-state index in [1.807, 2.05) is 0 Å². The number of carboxylic acid groups (broad SMARTS) is 2. The first kappa shape index (κ1) is 32.4. The SMILES string of the molecule is CN(C)C(=O)c1cc(CC(=O)OCC(C(=O)O)(C(=O)O)c2ccccc2)ccc1NC(=O)c1ccccc1-c1ccc(Cl)cc1. The fourth-order valence-electron chi connectivity index (χ4n) is 4.65. The minimum absolute atomic E-state index is 0.0607. The van der Waals surface area contributed by atoms with Crippen LogP contribution in [0.25, 0.3) is 11.1 Å². The molecular weight excluding hydrogens is 600 g/mol. The lowest BCUT2D eigenvalue weighted by Gasteiger charge is -2.25. The standard InChI is InChI=1S/C34H29ClN2O8/c1-37(2)31(40)27-18-21(19-29(38)45-20-34(32(41)42,33(43)44)23-8-4-3-5-9-23)12-17-28(27)36-30(39)26-11-7-6-10-25(26)22-13-15-24(35)16-14-22/h3-18H,19-20H2,1-2H3,(H,36,39)(H,41,42)(H,43,44). The molecule has 4 rings (SSSR count). The molecule has 0 radical (unpaired) electrons. The van der Waals surface area contributed by atoms with Gasteiger partial charge in [-0.2, -0.15) is 0 Å². The van der Waals surface area contributed by atoms with Gasteiger partial charge in [0.2, 0.25) is 5.41 Å². The number of ether oxygens (including phenoxy) is 1. The molecule has 10 nitrogen and oxygen atoms in total. The van der Waals surface area contributed by atoms with Crippen molar-refractivity contribution in [1.29, 1.82) is 0 Å². The number of aliphatic carboxylic acids is 2. The van der Waals surface area contributed by atoms with Gasteiger partial charge in [0.15, 0.2) is 0 Å². The number of benzene rings is 4. The van der Waals surface area contributed by atoms with Gasteiger partial charge in [-0.15, -0.1) is 0 Å². The topological polar surface area (TPSA) is 150 Å². The smallest absolute Gasteiger partial charge is 0.329 e. The van der Waals surface area contributed by atoms with Crippen molar-refractivity contribution in [3.63, 3.8) is 0 Å². The molecule has 0 spiro atoms. The Kier molecular flexibility index (Phi) is 10.00. The lowest BCUT2D eigenvalue weighted by molar-refractivity contribution is -0.163. The van der Waals surface area contributed by atoms with Crippen LogP contribution >= 0.6 is 11.6 Å². The van der Waals surface area contributed by atoms with Crippen LogP contribution in [0.15, 0.2) is 97.1 Å². The number of hydrogen-bond acceptors (Lipinski definition) is 6. The number of halogens is 1. The van der Waals surface area contributed by atoms with Crippen molar-refractivity contribution in [1.82, 2.24) is 4.90 Å². The van der Waals surface area contributed by atoms with E-state index in [1.54, 1.807) is 54.6 Å². The number of anilines is 1. The number of carboxylic acids is 2. The van der Waals surface area contributed by atoms with E-state index < -0.39 is 48.2 Å². The van der Waals surface area contributed by atoms with Crippen molar-refractivity contribution < 1.29 is 38.9 Å². The molecule has 0 aromatic heterocycles. The number of hydrogen-bond donors (Lipinski definition) is 3. The third-order valence-electron chi connectivity index (χ3n) is 7.09. The van der Waals surface area contributed by atoms with Gasteiger partial charge in [0.25, 0.3) is 11.8 Å². The van der Waals surface area contributed by atoms with E-state index in [1.165, 1.54) is 61.5 Å². The van der Waals surface area contributed by atoms with E-state index in [4.69, 9.17) is 16.3 Å². The summed E-state index contributed by atoms with van der Waals surface area (Å²) < 4.78 is 5.18. The van der Waals surface area contributed by atoms with Crippen LogP contribution in [0.3, 0.4) is 0 Å². The third-order valence-corrected chi connectivity index (χ3v) is 7.34. The molecule has 3 N–H and O–H groups in total. The normalized spacial score (nSPS) is 10.9. The summed E-state index contributed by atoms with van der Waals surface area (Å²) in [6, 6.07) is 25.6. The largest absolute Gasteiger partial charge is 0.480 e. The summed E-state index contributed by atoms with van der Waals surface area (Å²) in [5.74, 6) is -5.21. The van der Waals surface area contributed by atoms with Crippen LogP contribution in [0.4, 0.5) is 5.69 Å². The lowest BCUT2D eigenvalue weighted by Crippen LogP contribution is -2.48. The molecule has 0 saturated carbocycles. The molecule has 0 heterocycles. The van der Waals surface area contributed by atoms with Gasteiger partial charge in [-0.3, -0.25) is 24.0 Å². The fraction of sp³-hybridized carbons (Fsp3) is 0.147. The van der Waals surface area contributed by atoms with Crippen LogP contribution in [0.1, 0.15) is 31.8 Å². The highest BCUT2D eigenvalue weighted by atomic mass is 35.5. The van der Waals surface area contributed by atoms with Crippen LogP contribution < -0.4 is 5.32 Å². The Morgan fingerprint density at radius 1 is 0.800 bits per heavy atom. The molecule has 0 unspecified atom stereocenters. The summed E-state index contributed by atoms with van der Waals surface area (Å²) in [6.07, 6.45) is -0.397. The summed E-state index contributed by atoms with van der Waals surface area (Å²) in [4.78, 5) is 64.9. The Bertz CT molecular complexity index is 1740. The Hall–Kier alpha value is -5.48. The monoisotopic (exact) mass is 628 g/mol. The van der Waals surface area contributed by atoms with Crippen LogP contribution in [0.2, 0.25) is 5.02 Å². The maximum atomic E-state index is 13.5. The molecule has 2 amide bonds. The molecule has 4 aromatic rings. The van der Waals surface area contributed by atoms with Crippen molar-refractivity contribution >= 4 is 47.0 Å². The van der Waals surface area contributed by atoms with Crippen LogP contribution in [-0.4, -0.2) is 65.5 Å². The first-order chi connectivity index (χ1) is 21.4. The van der Waals surface area contributed by atoms with E-state index in [0.29, 0.717) is 21.7 Å². The second-order valence-corrected chi connectivity index (χ2v) is 10.7. The Labute approximate surface area is 263 Å². The second kappa shape index (κ2) is 13.9. The Balaban J connectivity index is 1.57. The van der Waals surface area contributed by atoms with Crippen LogP contribution in [0, 0.1) is 0 Å². The van der Waals surface area contributed by atoms with Crippen molar-refractivity contribution in [3.8, 4) is 11.1 Å². The number of esters is 1. The van der Waals surface area contributed by atoms with Crippen molar-refractivity contribution in [3.05, 3.63) is 124 Å². The van der Waals surface area contributed by atoms with Crippen molar-refractivity contribution in [2.75, 3.05) is 26.0 Å². The van der Waals surface area contributed by atoms with Gasteiger partial charge < -0.3 is 25.2 Å². The molecule has 0 aliphatic heterocycles. The maximum absolute atomic E-state index is 13.5. The van der Waals surface area contributed by atoms with Crippen molar-refractivity contribution in [2.45, 2.75) is 11.8 Å². The van der Waals surface area contributed by atoms with Gasteiger partial charge in [-0.1, -0.05) is 78.3 Å². The summed E-state index contributed by atoms with van der Waals surface area (Å²) in [7, 11) is 3.07.